The smallest absolute Gasteiger partial charge is 0.263 e. The van der Waals surface area contributed by atoms with Gasteiger partial charge in [-0.1, -0.05) is 41.7 Å². The van der Waals surface area contributed by atoms with Crippen LogP contribution < -0.4 is 10.5 Å². The zero-order valence-electron chi connectivity index (χ0n) is 17.7. The highest BCUT2D eigenvalue weighted by Gasteiger charge is 2.21. The first-order valence-electron chi connectivity index (χ1n) is 10.0. The van der Waals surface area contributed by atoms with Crippen LogP contribution in [0.15, 0.2) is 71.6 Å². The lowest BCUT2D eigenvalue weighted by Crippen LogP contribution is -2.13. The Morgan fingerprint density at radius 3 is 2.35 bits per heavy atom. The Balaban J connectivity index is 1.43. The predicted molar refractivity (Wildman–Crippen MR) is 135 cm³/mol. The number of nitrogen functional groups attached to an aromatic ring is 1. The Morgan fingerprint density at radius 1 is 0.941 bits per heavy atom. The molecule has 0 amide bonds. The Kier molecular flexibility index (Phi) is 5.60. The van der Waals surface area contributed by atoms with E-state index in [0.29, 0.717) is 31.4 Å². The number of aromatic nitrogens is 3. The number of hydrogen-bond acceptors (Lipinski definition) is 9. The van der Waals surface area contributed by atoms with Gasteiger partial charge in [-0.05, 0) is 43.3 Å². The summed E-state index contributed by atoms with van der Waals surface area (Å²) >= 11 is 2.35. The number of benzene rings is 2. The first-order valence-corrected chi connectivity index (χ1v) is 13.2. The largest absolute Gasteiger partial charge is 0.397 e. The number of thiophene rings is 1. The van der Waals surface area contributed by atoms with Crippen molar-refractivity contribution < 1.29 is 13.2 Å². The van der Waals surface area contributed by atoms with Gasteiger partial charge in [0.15, 0.2) is 0 Å². The van der Waals surface area contributed by atoms with Crippen LogP contribution in [0, 0.1) is 6.92 Å². The van der Waals surface area contributed by atoms with Crippen molar-refractivity contribution in [2.45, 2.75) is 11.8 Å². The maximum absolute atomic E-state index is 13.2. The molecule has 0 unspecified atom stereocenters. The third-order valence-electron chi connectivity index (χ3n) is 5.04. The van der Waals surface area contributed by atoms with Gasteiger partial charge in [0.1, 0.15) is 14.7 Å². The SMILES string of the molecule is Cc1nnc(NS(=O)(=O)c2ccc(C(=O)c3sc4nc(-c5ccccc5)ccc4c3N)cc2)s1. The zero-order chi connectivity index (χ0) is 23.9. The van der Waals surface area contributed by atoms with E-state index in [1.165, 1.54) is 35.6 Å². The standard InChI is InChI=1S/C23H17N5O3S3/c1-13-26-27-23(32-13)28-34(30,31)16-9-7-15(8-10-16)20(29)21-19(24)17-11-12-18(25-22(17)33-21)14-5-3-2-4-6-14/h2-12H,24H2,1H3,(H,27,28). The van der Waals surface area contributed by atoms with Crippen molar-refractivity contribution in [3.05, 3.63) is 82.2 Å². The fraction of sp³-hybridized carbons (Fsp3) is 0.0435. The molecule has 0 atom stereocenters. The molecule has 0 aliphatic rings. The van der Waals surface area contributed by atoms with Gasteiger partial charge in [0.2, 0.25) is 10.9 Å². The molecule has 3 heterocycles. The van der Waals surface area contributed by atoms with E-state index in [2.05, 4.69) is 19.9 Å². The van der Waals surface area contributed by atoms with E-state index in [4.69, 9.17) is 5.73 Å². The quantitative estimate of drug-likeness (QED) is 0.318. The van der Waals surface area contributed by atoms with E-state index in [1.807, 2.05) is 42.5 Å². The Bertz CT molecular complexity index is 1630. The Morgan fingerprint density at radius 2 is 1.68 bits per heavy atom. The summed E-state index contributed by atoms with van der Waals surface area (Å²) in [5.41, 5.74) is 8.74. The van der Waals surface area contributed by atoms with Gasteiger partial charge in [-0.2, -0.15) is 0 Å². The van der Waals surface area contributed by atoms with Crippen LogP contribution >= 0.6 is 22.7 Å². The number of fused-ring (bicyclic) bond motifs is 1. The number of rotatable bonds is 6. The van der Waals surface area contributed by atoms with Crippen molar-refractivity contribution >= 4 is 59.5 Å². The minimum atomic E-state index is -3.85. The zero-order valence-corrected chi connectivity index (χ0v) is 20.2. The van der Waals surface area contributed by atoms with Crippen LogP contribution in [0.5, 0.6) is 0 Å². The highest BCUT2D eigenvalue weighted by molar-refractivity contribution is 7.93. The number of nitrogens with two attached hydrogens (primary N) is 1. The number of anilines is 2. The summed E-state index contributed by atoms with van der Waals surface area (Å²) in [6.07, 6.45) is 0. The molecule has 11 heteroatoms. The number of carbonyl (C=O) groups excluding carboxylic acids is 1. The number of nitrogens with one attached hydrogen (secondary N) is 1. The number of aryl methyl sites for hydroxylation is 1. The lowest BCUT2D eigenvalue weighted by molar-refractivity contribution is 0.104. The summed E-state index contributed by atoms with van der Waals surface area (Å²) in [6, 6.07) is 19.2. The molecule has 3 aromatic heterocycles. The van der Waals surface area contributed by atoms with Gasteiger partial charge in [0.05, 0.1) is 16.3 Å². The number of ketones is 1. The molecule has 0 radical (unpaired) electrons. The minimum absolute atomic E-state index is 0.00962. The van der Waals surface area contributed by atoms with Crippen molar-refractivity contribution in [2.75, 3.05) is 10.5 Å². The van der Waals surface area contributed by atoms with Crippen molar-refractivity contribution in [1.29, 1.82) is 0 Å². The van der Waals surface area contributed by atoms with Crippen LogP contribution in [0.3, 0.4) is 0 Å². The van der Waals surface area contributed by atoms with E-state index >= 15 is 0 Å². The lowest BCUT2D eigenvalue weighted by Gasteiger charge is -2.06. The van der Waals surface area contributed by atoms with Crippen molar-refractivity contribution in [3.63, 3.8) is 0 Å². The Hall–Kier alpha value is -3.67. The molecular weight excluding hydrogens is 490 g/mol. The molecule has 5 aromatic rings. The maximum atomic E-state index is 13.2. The van der Waals surface area contributed by atoms with Crippen LogP contribution in [-0.2, 0) is 10.0 Å². The molecule has 0 bridgehead atoms. The van der Waals surface area contributed by atoms with Crippen LogP contribution in [0.1, 0.15) is 20.2 Å². The molecule has 0 fully saturated rings. The highest BCUT2D eigenvalue weighted by Crippen LogP contribution is 2.35. The normalized spacial score (nSPS) is 11.6. The third-order valence-corrected chi connectivity index (χ3v) is 8.40. The molecule has 3 N–H and O–H groups in total. The number of hydrogen-bond donors (Lipinski definition) is 2. The monoisotopic (exact) mass is 507 g/mol. The van der Waals surface area contributed by atoms with Gasteiger partial charge in [0.25, 0.3) is 10.0 Å². The van der Waals surface area contributed by atoms with E-state index in [0.717, 1.165) is 22.6 Å². The van der Waals surface area contributed by atoms with Crippen LogP contribution in [-0.4, -0.2) is 29.4 Å². The number of nitrogens with zero attached hydrogens (tertiary/aromatic N) is 3. The maximum Gasteiger partial charge on any atom is 0.263 e. The summed E-state index contributed by atoms with van der Waals surface area (Å²) in [5.74, 6) is -0.293. The van der Waals surface area contributed by atoms with Crippen LogP contribution in [0.2, 0.25) is 0 Å². The molecular formula is C23H17N5O3S3. The Labute approximate surface area is 203 Å². The first-order chi connectivity index (χ1) is 16.3. The molecule has 170 valence electrons. The predicted octanol–water partition coefficient (Wildman–Crippen LogP) is 4.74. The number of pyridine rings is 1. The van der Waals surface area contributed by atoms with Gasteiger partial charge in [0, 0.05) is 16.5 Å². The fourth-order valence-corrected chi connectivity index (χ4v) is 6.24. The topological polar surface area (TPSA) is 128 Å². The molecule has 0 spiro atoms. The molecule has 0 saturated carbocycles. The summed E-state index contributed by atoms with van der Waals surface area (Å²) in [5, 5.41) is 9.10. The first kappa shape index (κ1) is 22.1. The molecule has 0 aliphatic heterocycles. The highest BCUT2D eigenvalue weighted by atomic mass is 32.2. The van der Waals surface area contributed by atoms with Crippen LogP contribution in [0.25, 0.3) is 21.5 Å². The lowest BCUT2D eigenvalue weighted by atomic mass is 10.1. The van der Waals surface area contributed by atoms with Gasteiger partial charge in [-0.3, -0.25) is 9.52 Å². The molecule has 34 heavy (non-hydrogen) atoms. The second-order valence-electron chi connectivity index (χ2n) is 7.35. The molecule has 0 aliphatic carbocycles. The molecule has 2 aromatic carbocycles. The molecule has 8 nitrogen and oxygen atoms in total. The number of sulfonamides is 1. The third kappa shape index (κ3) is 4.16. The number of carbonyl (C=O) groups is 1. The summed E-state index contributed by atoms with van der Waals surface area (Å²) in [6.45, 7) is 1.73. The average molecular weight is 508 g/mol. The van der Waals surface area contributed by atoms with Gasteiger partial charge in [-0.15, -0.1) is 21.5 Å². The van der Waals surface area contributed by atoms with Gasteiger partial charge < -0.3 is 5.73 Å². The summed E-state index contributed by atoms with van der Waals surface area (Å²) < 4.78 is 27.6. The van der Waals surface area contributed by atoms with Gasteiger partial charge >= 0.3 is 0 Å². The van der Waals surface area contributed by atoms with Crippen LogP contribution in [0.4, 0.5) is 10.8 Å². The summed E-state index contributed by atoms with van der Waals surface area (Å²) in [4.78, 5) is 18.9. The van der Waals surface area contributed by atoms with E-state index in [-0.39, 0.29) is 15.8 Å². The fourth-order valence-electron chi connectivity index (χ4n) is 3.36. The summed E-state index contributed by atoms with van der Waals surface area (Å²) in [7, 11) is -3.85. The molecule has 5 rings (SSSR count). The van der Waals surface area contributed by atoms with Crippen molar-refractivity contribution in [3.8, 4) is 11.3 Å². The van der Waals surface area contributed by atoms with Gasteiger partial charge in [-0.25, -0.2) is 13.4 Å². The van der Waals surface area contributed by atoms with E-state index < -0.39 is 10.0 Å². The van der Waals surface area contributed by atoms with E-state index in [1.54, 1.807) is 6.92 Å². The minimum Gasteiger partial charge on any atom is -0.397 e. The van der Waals surface area contributed by atoms with Crippen molar-refractivity contribution in [1.82, 2.24) is 15.2 Å². The average Bonchev–Trinajstić information content (AvgIpc) is 3.40. The molecule has 0 saturated heterocycles. The van der Waals surface area contributed by atoms with E-state index in [9.17, 15) is 13.2 Å². The second-order valence-corrected chi connectivity index (χ2v) is 11.2. The second kappa shape index (κ2) is 8.60. The van der Waals surface area contributed by atoms with Crippen molar-refractivity contribution in [2.24, 2.45) is 0 Å².